The third kappa shape index (κ3) is 5.05. The van der Waals surface area contributed by atoms with Crippen molar-refractivity contribution in [2.45, 2.75) is 13.0 Å². The highest BCUT2D eigenvalue weighted by Crippen LogP contribution is 2.26. The van der Waals surface area contributed by atoms with Gasteiger partial charge in [-0.1, -0.05) is 18.2 Å². The molecule has 150 valence electrons. The van der Waals surface area contributed by atoms with Gasteiger partial charge in [-0.2, -0.15) is 0 Å². The largest absolute Gasteiger partial charge is 0.363 e. The third-order valence-electron chi connectivity index (χ3n) is 4.32. The zero-order chi connectivity index (χ0) is 20.8. The Morgan fingerprint density at radius 1 is 0.800 bits per heavy atom. The molecule has 3 heterocycles. The first kappa shape index (κ1) is 19.3. The average Bonchev–Trinajstić information content (AvgIpc) is 2.75. The molecule has 0 amide bonds. The summed E-state index contributed by atoms with van der Waals surface area (Å²) >= 11 is 0. The van der Waals surface area contributed by atoms with Crippen LogP contribution in [0.2, 0.25) is 0 Å². The summed E-state index contributed by atoms with van der Waals surface area (Å²) < 4.78 is 13.2. The SMILES string of the molecule is CC(Nc1cc(Nc2ccccn2)cc(Nc2cnccn2)n1)c1ccc(F)cc1. The zero-order valence-corrected chi connectivity index (χ0v) is 16.2. The maximum atomic E-state index is 13.2. The molecule has 0 saturated carbocycles. The standard InChI is InChI=1S/C22H20FN7/c1-15(16-5-7-17(23)8-6-16)27-20-12-18(28-19-4-2-3-9-25-19)13-21(29-20)30-22-14-24-10-11-26-22/h2-15H,1H3,(H3,25,26,27,28,29,30). The van der Waals surface area contributed by atoms with Gasteiger partial charge in [-0.15, -0.1) is 0 Å². The van der Waals surface area contributed by atoms with Gasteiger partial charge in [-0.3, -0.25) is 4.98 Å². The van der Waals surface area contributed by atoms with Crippen LogP contribution >= 0.6 is 0 Å². The van der Waals surface area contributed by atoms with Gasteiger partial charge in [0.2, 0.25) is 0 Å². The molecule has 0 radical (unpaired) electrons. The predicted octanol–water partition coefficient (Wildman–Crippen LogP) is 5.07. The quantitative estimate of drug-likeness (QED) is 0.399. The van der Waals surface area contributed by atoms with Crippen molar-refractivity contribution in [3.8, 4) is 0 Å². The van der Waals surface area contributed by atoms with E-state index in [9.17, 15) is 4.39 Å². The molecule has 0 spiro atoms. The molecule has 7 nitrogen and oxygen atoms in total. The van der Waals surface area contributed by atoms with Crippen LogP contribution in [0.1, 0.15) is 18.5 Å². The average molecular weight is 401 g/mol. The van der Waals surface area contributed by atoms with E-state index in [0.29, 0.717) is 23.3 Å². The van der Waals surface area contributed by atoms with Crippen LogP contribution in [0.3, 0.4) is 0 Å². The van der Waals surface area contributed by atoms with E-state index in [-0.39, 0.29) is 11.9 Å². The van der Waals surface area contributed by atoms with Crippen LogP contribution in [-0.4, -0.2) is 19.9 Å². The van der Waals surface area contributed by atoms with Crippen LogP contribution in [0.15, 0.2) is 79.4 Å². The molecule has 0 aliphatic rings. The van der Waals surface area contributed by atoms with Gasteiger partial charge in [-0.05, 0) is 36.8 Å². The summed E-state index contributed by atoms with van der Waals surface area (Å²) in [6, 6.07) is 15.7. The monoisotopic (exact) mass is 401 g/mol. The number of pyridine rings is 2. The van der Waals surface area contributed by atoms with Gasteiger partial charge in [0.25, 0.3) is 0 Å². The van der Waals surface area contributed by atoms with Gasteiger partial charge < -0.3 is 16.0 Å². The number of anilines is 5. The Labute approximate surface area is 173 Å². The minimum atomic E-state index is -0.263. The molecule has 1 unspecified atom stereocenters. The Morgan fingerprint density at radius 2 is 1.60 bits per heavy atom. The fourth-order valence-corrected chi connectivity index (χ4v) is 2.88. The van der Waals surface area contributed by atoms with Crippen LogP contribution in [0.25, 0.3) is 0 Å². The molecule has 0 aliphatic heterocycles. The van der Waals surface area contributed by atoms with Crippen LogP contribution < -0.4 is 16.0 Å². The van der Waals surface area contributed by atoms with E-state index in [1.807, 2.05) is 37.3 Å². The molecule has 0 aliphatic carbocycles. The van der Waals surface area contributed by atoms with Crippen molar-refractivity contribution in [2.24, 2.45) is 0 Å². The van der Waals surface area contributed by atoms with Gasteiger partial charge in [0.05, 0.1) is 6.20 Å². The summed E-state index contributed by atoms with van der Waals surface area (Å²) in [5, 5.41) is 9.79. The van der Waals surface area contributed by atoms with Gasteiger partial charge in [0.15, 0.2) is 0 Å². The lowest BCUT2D eigenvalue weighted by Crippen LogP contribution is -2.09. The fourth-order valence-electron chi connectivity index (χ4n) is 2.88. The Morgan fingerprint density at radius 3 is 2.33 bits per heavy atom. The van der Waals surface area contributed by atoms with E-state index in [1.54, 1.807) is 36.9 Å². The van der Waals surface area contributed by atoms with Crippen LogP contribution in [0.5, 0.6) is 0 Å². The minimum absolute atomic E-state index is 0.0763. The van der Waals surface area contributed by atoms with Crippen molar-refractivity contribution in [3.63, 3.8) is 0 Å². The Bertz CT molecular complexity index is 1030. The van der Waals surface area contributed by atoms with E-state index in [1.165, 1.54) is 12.1 Å². The number of nitrogens with one attached hydrogen (secondary N) is 3. The molecule has 4 rings (SSSR count). The number of nitrogens with zero attached hydrogens (tertiary/aromatic N) is 4. The van der Waals surface area contributed by atoms with Crippen molar-refractivity contribution in [1.82, 2.24) is 19.9 Å². The van der Waals surface area contributed by atoms with Gasteiger partial charge >= 0.3 is 0 Å². The van der Waals surface area contributed by atoms with Crippen LogP contribution in [0, 0.1) is 5.82 Å². The van der Waals surface area contributed by atoms with Crippen molar-refractivity contribution < 1.29 is 4.39 Å². The highest BCUT2D eigenvalue weighted by atomic mass is 19.1. The number of rotatable bonds is 7. The highest BCUT2D eigenvalue weighted by molar-refractivity contribution is 5.67. The van der Waals surface area contributed by atoms with Gasteiger partial charge in [0, 0.05) is 42.5 Å². The maximum absolute atomic E-state index is 13.2. The lowest BCUT2D eigenvalue weighted by atomic mass is 10.1. The number of benzene rings is 1. The second-order valence-corrected chi connectivity index (χ2v) is 6.60. The number of aromatic nitrogens is 4. The molecule has 3 N–H and O–H groups in total. The van der Waals surface area contributed by atoms with E-state index in [4.69, 9.17) is 0 Å². The normalized spacial score (nSPS) is 11.5. The van der Waals surface area contributed by atoms with E-state index >= 15 is 0 Å². The summed E-state index contributed by atoms with van der Waals surface area (Å²) in [5.74, 6) is 2.26. The van der Waals surface area contributed by atoms with Crippen molar-refractivity contribution in [3.05, 3.63) is 90.8 Å². The lowest BCUT2D eigenvalue weighted by Gasteiger charge is -2.17. The summed E-state index contributed by atoms with van der Waals surface area (Å²) in [5.41, 5.74) is 1.74. The maximum Gasteiger partial charge on any atom is 0.150 e. The number of hydrogen-bond donors (Lipinski definition) is 3. The van der Waals surface area contributed by atoms with E-state index < -0.39 is 0 Å². The highest BCUT2D eigenvalue weighted by Gasteiger charge is 2.10. The second kappa shape index (κ2) is 8.95. The molecule has 0 fully saturated rings. The smallest absolute Gasteiger partial charge is 0.150 e. The molecule has 30 heavy (non-hydrogen) atoms. The molecule has 0 saturated heterocycles. The molecule has 0 bridgehead atoms. The van der Waals surface area contributed by atoms with Crippen molar-refractivity contribution in [2.75, 3.05) is 16.0 Å². The molecule has 1 atom stereocenters. The summed E-state index contributed by atoms with van der Waals surface area (Å²) in [7, 11) is 0. The molecule has 3 aromatic heterocycles. The lowest BCUT2D eigenvalue weighted by molar-refractivity contribution is 0.626. The second-order valence-electron chi connectivity index (χ2n) is 6.60. The zero-order valence-electron chi connectivity index (χ0n) is 16.2. The van der Waals surface area contributed by atoms with Crippen LogP contribution in [-0.2, 0) is 0 Å². The number of hydrogen-bond acceptors (Lipinski definition) is 7. The first-order valence-corrected chi connectivity index (χ1v) is 9.41. The summed E-state index contributed by atoms with van der Waals surface area (Å²) in [6.07, 6.45) is 6.55. The summed E-state index contributed by atoms with van der Waals surface area (Å²) in [4.78, 5) is 17.2. The van der Waals surface area contributed by atoms with Crippen LogP contribution in [0.4, 0.5) is 33.3 Å². The molecular weight excluding hydrogens is 381 g/mol. The topological polar surface area (TPSA) is 87.7 Å². The van der Waals surface area contributed by atoms with Crippen molar-refractivity contribution in [1.29, 1.82) is 0 Å². The Hall–Kier alpha value is -4.07. The van der Waals surface area contributed by atoms with Gasteiger partial charge in [0.1, 0.15) is 29.1 Å². The van der Waals surface area contributed by atoms with Gasteiger partial charge in [-0.25, -0.2) is 19.3 Å². The molecule has 4 aromatic rings. The Kier molecular flexibility index (Phi) is 5.75. The summed E-state index contributed by atoms with van der Waals surface area (Å²) in [6.45, 7) is 1.99. The first-order valence-electron chi connectivity index (χ1n) is 9.41. The fraction of sp³-hybridized carbons (Fsp3) is 0.0909. The molecule has 8 heteroatoms. The molecular formula is C22H20FN7. The number of halogens is 1. The predicted molar refractivity (Wildman–Crippen MR) is 116 cm³/mol. The first-order chi connectivity index (χ1) is 14.7. The minimum Gasteiger partial charge on any atom is -0.363 e. The van der Waals surface area contributed by atoms with Crippen molar-refractivity contribution >= 4 is 29.0 Å². The third-order valence-corrected chi connectivity index (χ3v) is 4.32. The Balaban J connectivity index is 1.61. The molecule has 1 aromatic carbocycles. The van der Waals surface area contributed by atoms with E-state index in [0.717, 1.165) is 11.3 Å². The van der Waals surface area contributed by atoms with E-state index in [2.05, 4.69) is 35.9 Å².